The van der Waals surface area contributed by atoms with Gasteiger partial charge in [-0.1, -0.05) is 30.3 Å². The molecule has 2 atom stereocenters. The van der Waals surface area contributed by atoms with Gasteiger partial charge in [0.1, 0.15) is 0 Å². The highest BCUT2D eigenvalue weighted by Crippen LogP contribution is 2.33. The van der Waals surface area contributed by atoms with Crippen molar-refractivity contribution in [1.29, 1.82) is 0 Å². The molecule has 0 amide bonds. The van der Waals surface area contributed by atoms with Crippen molar-refractivity contribution < 1.29 is 13.2 Å². The van der Waals surface area contributed by atoms with Crippen molar-refractivity contribution in [2.45, 2.75) is 12.5 Å². The highest BCUT2D eigenvalue weighted by Gasteiger charge is 2.34. The molecule has 0 aromatic heterocycles. The van der Waals surface area contributed by atoms with Gasteiger partial charge in [0, 0.05) is 5.92 Å². The molecule has 1 heterocycles. The number of rotatable bonds is 3. The van der Waals surface area contributed by atoms with E-state index in [-0.39, 0.29) is 23.5 Å². The van der Waals surface area contributed by atoms with Crippen LogP contribution in [-0.2, 0) is 14.6 Å². The van der Waals surface area contributed by atoms with E-state index in [1.807, 2.05) is 30.3 Å². The molecule has 1 saturated heterocycles. The maximum Gasteiger partial charge on any atom is 0.235 e. The molecule has 1 aliphatic heterocycles. The quantitative estimate of drug-likeness (QED) is 0.604. The van der Waals surface area contributed by atoms with E-state index in [4.69, 9.17) is 0 Å². The smallest absolute Gasteiger partial charge is 0.229 e. The van der Waals surface area contributed by atoms with Crippen molar-refractivity contribution in [2.24, 2.45) is 10.9 Å². The van der Waals surface area contributed by atoms with Gasteiger partial charge in [0.15, 0.2) is 9.84 Å². The summed E-state index contributed by atoms with van der Waals surface area (Å²) in [6, 6.07) is 8.91. The fourth-order valence-corrected chi connectivity index (χ4v) is 4.06. The molecule has 0 aliphatic carbocycles. The number of hydrogen-bond donors (Lipinski definition) is 0. The highest BCUT2D eigenvalue weighted by atomic mass is 32.2. The van der Waals surface area contributed by atoms with Crippen LogP contribution < -0.4 is 0 Å². The Balaban J connectivity index is 2.28. The summed E-state index contributed by atoms with van der Waals surface area (Å²) in [5.41, 5.74) is 0.873. The predicted octanol–water partition coefficient (Wildman–Crippen LogP) is 1.50. The van der Waals surface area contributed by atoms with Gasteiger partial charge in [-0.25, -0.2) is 13.2 Å². The van der Waals surface area contributed by atoms with Crippen molar-refractivity contribution in [3.8, 4) is 0 Å². The van der Waals surface area contributed by atoms with Crippen LogP contribution in [0, 0.1) is 5.92 Å². The topological polar surface area (TPSA) is 63.6 Å². The van der Waals surface area contributed by atoms with Crippen LogP contribution >= 0.6 is 0 Å². The Labute approximate surface area is 100 Å². The monoisotopic (exact) mass is 251 g/mol. The fraction of sp³-hybridized carbons (Fsp3) is 0.417. The van der Waals surface area contributed by atoms with E-state index in [1.54, 1.807) is 6.08 Å². The van der Waals surface area contributed by atoms with Crippen LogP contribution in [0.1, 0.15) is 18.0 Å². The lowest BCUT2D eigenvalue weighted by molar-refractivity contribution is 0.474. The van der Waals surface area contributed by atoms with Gasteiger partial charge in [-0.2, -0.15) is 4.99 Å². The molecule has 0 radical (unpaired) electrons. The third-order valence-electron chi connectivity index (χ3n) is 3.05. The number of hydrogen-bond acceptors (Lipinski definition) is 4. The molecule has 2 unspecified atom stereocenters. The minimum atomic E-state index is -2.96. The van der Waals surface area contributed by atoms with Gasteiger partial charge in [-0.15, -0.1) is 0 Å². The lowest BCUT2D eigenvalue weighted by Gasteiger charge is -2.16. The van der Waals surface area contributed by atoms with Crippen molar-refractivity contribution in [3.05, 3.63) is 35.9 Å². The molecule has 2 rings (SSSR count). The number of aliphatic imine (C=N–C) groups is 1. The number of benzene rings is 1. The van der Waals surface area contributed by atoms with Crippen molar-refractivity contribution in [2.75, 3.05) is 11.5 Å². The molecule has 0 spiro atoms. The van der Waals surface area contributed by atoms with Crippen molar-refractivity contribution in [1.82, 2.24) is 0 Å². The van der Waals surface area contributed by atoms with Crippen molar-refractivity contribution >= 4 is 15.9 Å². The van der Waals surface area contributed by atoms with E-state index in [9.17, 15) is 13.2 Å². The number of nitrogens with zero attached hydrogens (tertiary/aromatic N) is 1. The first-order chi connectivity index (χ1) is 8.12. The SMILES string of the molecule is O=C=NC(c1ccccc1)C1CCS(=O)(=O)C1. The van der Waals surface area contributed by atoms with Gasteiger partial charge in [0.2, 0.25) is 6.08 Å². The first kappa shape index (κ1) is 12.0. The molecule has 90 valence electrons. The van der Waals surface area contributed by atoms with E-state index in [1.165, 1.54) is 0 Å². The molecule has 0 bridgehead atoms. The molecule has 4 nitrogen and oxygen atoms in total. The number of carbonyl (C=O) groups excluding carboxylic acids is 1. The zero-order valence-corrected chi connectivity index (χ0v) is 10.1. The van der Waals surface area contributed by atoms with Gasteiger partial charge in [-0.05, 0) is 12.0 Å². The molecule has 0 N–H and O–H groups in total. The summed E-state index contributed by atoms with van der Waals surface area (Å²) in [5, 5.41) is 0. The van der Waals surface area contributed by atoms with E-state index < -0.39 is 9.84 Å². The minimum Gasteiger partial charge on any atom is -0.229 e. The third-order valence-corrected chi connectivity index (χ3v) is 4.84. The van der Waals surface area contributed by atoms with Crippen LogP contribution in [0.2, 0.25) is 0 Å². The first-order valence-corrected chi connectivity index (χ1v) is 7.27. The van der Waals surface area contributed by atoms with Crippen LogP contribution in [0.5, 0.6) is 0 Å². The summed E-state index contributed by atoms with van der Waals surface area (Å²) in [6.45, 7) is 0. The number of sulfone groups is 1. The maximum absolute atomic E-state index is 11.4. The average Bonchev–Trinajstić information content (AvgIpc) is 2.67. The summed E-state index contributed by atoms with van der Waals surface area (Å²) in [4.78, 5) is 14.2. The van der Waals surface area contributed by atoms with Gasteiger partial charge in [0.25, 0.3) is 0 Å². The van der Waals surface area contributed by atoms with E-state index >= 15 is 0 Å². The molecule has 1 aliphatic rings. The Hall–Kier alpha value is -1.45. The lowest BCUT2D eigenvalue weighted by atomic mass is 9.93. The molecular formula is C12H13NO3S. The summed E-state index contributed by atoms with van der Waals surface area (Å²) in [7, 11) is -2.96. The Morgan fingerprint density at radius 3 is 2.53 bits per heavy atom. The third kappa shape index (κ3) is 2.81. The van der Waals surface area contributed by atoms with Gasteiger partial charge >= 0.3 is 0 Å². The van der Waals surface area contributed by atoms with Gasteiger partial charge in [0.05, 0.1) is 17.5 Å². The zero-order valence-electron chi connectivity index (χ0n) is 9.24. The van der Waals surface area contributed by atoms with E-state index in [0.717, 1.165) is 5.56 Å². The second kappa shape index (κ2) is 4.82. The Morgan fingerprint density at radius 2 is 2.00 bits per heavy atom. The lowest BCUT2D eigenvalue weighted by Crippen LogP contribution is -2.13. The van der Waals surface area contributed by atoms with E-state index in [0.29, 0.717) is 6.42 Å². The second-order valence-electron chi connectivity index (χ2n) is 4.24. The Morgan fingerprint density at radius 1 is 1.29 bits per heavy atom. The summed E-state index contributed by atoms with van der Waals surface area (Å²) >= 11 is 0. The van der Waals surface area contributed by atoms with E-state index in [2.05, 4.69) is 4.99 Å². The molecule has 1 aromatic rings. The second-order valence-corrected chi connectivity index (χ2v) is 6.47. The Bertz CT molecular complexity index is 532. The minimum absolute atomic E-state index is 0.108. The van der Waals surface area contributed by atoms with Gasteiger partial charge < -0.3 is 0 Å². The molecule has 1 aromatic carbocycles. The normalized spacial score (nSPS) is 23.9. The predicted molar refractivity (Wildman–Crippen MR) is 64.1 cm³/mol. The van der Waals surface area contributed by atoms with Crippen molar-refractivity contribution in [3.63, 3.8) is 0 Å². The average molecular weight is 251 g/mol. The Kier molecular flexibility index (Phi) is 3.41. The maximum atomic E-state index is 11.4. The van der Waals surface area contributed by atoms with Crippen LogP contribution in [0.15, 0.2) is 35.3 Å². The largest absolute Gasteiger partial charge is 0.235 e. The summed E-state index contributed by atoms with van der Waals surface area (Å²) in [5.74, 6) is 0.191. The molecule has 1 fully saturated rings. The standard InChI is InChI=1S/C12H13NO3S/c14-9-13-12(10-4-2-1-3-5-10)11-6-7-17(15,16)8-11/h1-5,11-12H,6-8H2. The molecule has 5 heteroatoms. The van der Waals surface area contributed by atoms with Crippen LogP contribution in [0.3, 0.4) is 0 Å². The highest BCUT2D eigenvalue weighted by molar-refractivity contribution is 7.91. The van der Waals surface area contributed by atoms with Gasteiger partial charge in [-0.3, -0.25) is 0 Å². The fourth-order valence-electron chi connectivity index (χ4n) is 2.23. The zero-order chi connectivity index (χ0) is 12.3. The first-order valence-electron chi connectivity index (χ1n) is 5.45. The molecular weight excluding hydrogens is 238 g/mol. The molecule has 17 heavy (non-hydrogen) atoms. The molecule has 0 saturated carbocycles. The summed E-state index contributed by atoms with van der Waals surface area (Å²) < 4.78 is 22.9. The summed E-state index contributed by atoms with van der Waals surface area (Å²) in [6.07, 6.45) is 2.11. The van der Waals surface area contributed by atoms with Crippen LogP contribution in [0.25, 0.3) is 0 Å². The van der Waals surface area contributed by atoms with Crippen LogP contribution in [0.4, 0.5) is 0 Å². The van der Waals surface area contributed by atoms with Crippen LogP contribution in [-0.4, -0.2) is 26.0 Å². The number of isocyanates is 1.